The molecule has 10 heteroatoms. The van der Waals surface area contributed by atoms with E-state index in [9.17, 15) is 9.59 Å². The fourth-order valence-corrected chi connectivity index (χ4v) is 3.42. The number of hydrogen-bond donors (Lipinski definition) is 1. The number of rotatable bonds is 5. The molecule has 2 aromatic heterocycles. The van der Waals surface area contributed by atoms with Gasteiger partial charge in [0.2, 0.25) is 12.7 Å². The second-order valence-corrected chi connectivity index (χ2v) is 7.35. The summed E-state index contributed by atoms with van der Waals surface area (Å²) in [4.78, 5) is 29.5. The lowest BCUT2D eigenvalue weighted by Gasteiger charge is -2.08. The van der Waals surface area contributed by atoms with Crippen molar-refractivity contribution in [2.45, 2.75) is 13.1 Å². The Bertz CT molecular complexity index is 1350. The number of amides is 1. The quantitative estimate of drug-likeness (QED) is 0.514. The van der Waals surface area contributed by atoms with Crippen LogP contribution >= 0.6 is 11.6 Å². The lowest BCUT2D eigenvalue weighted by atomic mass is 10.2. The van der Waals surface area contributed by atoms with Gasteiger partial charge in [0, 0.05) is 11.6 Å². The third-order valence-electron chi connectivity index (χ3n) is 4.87. The average Bonchev–Trinajstić information content (AvgIpc) is 3.42. The highest BCUT2D eigenvalue weighted by Gasteiger charge is 2.15. The molecule has 3 heterocycles. The van der Waals surface area contributed by atoms with E-state index in [4.69, 9.17) is 21.1 Å². The number of fused-ring (bicyclic) bond motifs is 2. The highest BCUT2D eigenvalue weighted by Crippen LogP contribution is 2.32. The van der Waals surface area contributed by atoms with Crippen LogP contribution in [0.25, 0.3) is 16.7 Å². The van der Waals surface area contributed by atoms with Gasteiger partial charge in [-0.05, 0) is 42.0 Å². The molecular formula is C21H16ClN5O4. The maximum atomic E-state index is 12.8. The third kappa shape index (κ3) is 3.71. The number of aromatic nitrogens is 4. The smallest absolute Gasteiger partial charge is 0.264 e. The summed E-state index contributed by atoms with van der Waals surface area (Å²) < 4.78 is 13.4. The van der Waals surface area contributed by atoms with Gasteiger partial charge in [-0.2, -0.15) is 5.10 Å². The molecule has 9 nitrogen and oxygen atoms in total. The van der Waals surface area contributed by atoms with E-state index in [-0.39, 0.29) is 24.8 Å². The van der Waals surface area contributed by atoms with Crippen LogP contribution in [0.3, 0.4) is 0 Å². The minimum Gasteiger partial charge on any atom is -0.454 e. The number of nitrogens with zero attached hydrogens (tertiary/aromatic N) is 4. The molecule has 0 spiro atoms. The SMILES string of the molecule is O=C(Cn1cnc2c(cnn2-c2ccc(Cl)cc2)c1=O)NCc1ccc2c(c1)OCO2. The molecule has 0 unspecified atom stereocenters. The predicted molar refractivity (Wildman–Crippen MR) is 113 cm³/mol. The lowest BCUT2D eigenvalue weighted by molar-refractivity contribution is -0.121. The standard InChI is InChI=1S/C21H16ClN5O4/c22-14-2-4-15(5-3-14)27-20-16(9-25-27)21(29)26(11-24-20)10-19(28)23-8-13-1-6-17-18(7-13)31-12-30-17/h1-7,9,11H,8,10,12H2,(H,23,28). The van der Waals surface area contributed by atoms with Crippen molar-refractivity contribution in [2.75, 3.05) is 6.79 Å². The Morgan fingerprint density at radius 1 is 1.13 bits per heavy atom. The summed E-state index contributed by atoms with van der Waals surface area (Å²) in [5.74, 6) is 1.02. The number of halogens is 1. The van der Waals surface area contributed by atoms with Gasteiger partial charge in [-0.1, -0.05) is 17.7 Å². The van der Waals surface area contributed by atoms with Crippen molar-refractivity contribution < 1.29 is 14.3 Å². The van der Waals surface area contributed by atoms with Crippen LogP contribution in [0.1, 0.15) is 5.56 Å². The Hall–Kier alpha value is -3.85. The Morgan fingerprint density at radius 3 is 2.77 bits per heavy atom. The van der Waals surface area contributed by atoms with Crippen LogP contribution in [0, 0.1) is 0 Å². The van der Waals surface area contributed by atoms with Crippen molar-refractivity contribution in [3.05, 3.63) is 75.9 Å². The number of ether oxygens (including phenoxy) is 2. The maximum absolute atomic E-state index is 12.8. The average molecular weight is 438 g/mol. The molecule has 1 amide bonds. The zero-order valence-corrected chi connectivity index (χ0v) is 16.9. The van der Waals surface area contributed by atoms with Crippen molar-refractivity contribution in [2.24, 2.45) is 0 Å². The zero-order chi connectivity index (χ0) is 21.4. The molecule has 1 N–H and O–H groups in total. The lowest BCUT2D eigenvalue weighted by Crippen LogP contribution is -2.32. The topological polar surface area (TPSA) is 100 Å². The molecule has 4 aromatic rings. The Kier molecular flexibility index (Phi) is 4.79. The number of nitrogens with one attached hydrogen (secondary N) is 1. The minimum absolute atomic E-state index is 0.154. The van der Waals surface area contributed by atoms with Gasteiger partial charge in [0.25, 0.3) is 5.56 Å². The summed E-state index contributed by atoms with van der Waals surface area (Å²) in [5.41, 5.74) is 1.65. The molecular weight excluding hydrogens is 422 g/mol. The molecule has 0 bridgehead atoms. The molecule has 156 valence electrons. The summed E-state index contributed by atoms with van der Waals surface area (Å²) >= 11 is 5.93. The Morgan fingerprint density at radius 2 is 1.94 bits per heavy atom. The summed E-state index contributed by atoms with van der Waals surface area (Å²) in [7, 11) is 0. The van der Waals surface area contributed by atoms with Gasteiger partial charge in [-0.25, -0.2) is 9.67 Å². The minimum atomic E-state index is -0.344. The van der Waals surface area contributed by atoms with Gasteiger partial charge in [-0.15, -0.1) is 0 Å². The highest BCUT2D eigenvalue weighted by atomic mass is 35.5. The summed E-state index contributed by atoms with van der Waals surface area (Å²) in [6, 6.07) is 12.5. The van der Waals surface area contributed by atoms with E-state index in [0.717, 1.165) is 11.3 Å². The van der Waals surface area contributed by atoms with Crippen LogP contribution in [0.5, 0.6) is 11.5 Å². The van der Waals surface area contributed by atoms with E-state index in [2.05, 4.69) is 15.4 Å². The van der Waals surface area contributed by atoms with Crippen LogP contribution in [0.2, 0.25) is 5.02 Å². The van der Waals surface area contributed by atoms with Crippen molar-refractivity contribution in [1.82, 2.24) is 24.6 Å². The van der Waals surface area contributed by atoms with Crippen molar-refractivity contribution >= 4 is 28.5 Å². The molecule has 0 atom stereocenters. The molecule has 0 saturated heterocycles. The van der Waals surface area contributed by atoms with Gasteiger partial charge in [0.15, 0.2) is 17.1 Å². The molecule has 1 aliphatic heterocycles. The number of hydrogen-bond acceptors (Lipinski definition) is 6. The first-order valence-electron chi connectivity index (χ1n) is 9.43. The summed E-state index contributed by atoms with van der Waals surface area (Å²) in [5, 5.41) is 7.97. The predicted octanol–water partition coefficient (Wildman–Crippen LogP) is 2.28. The van der Waals surface area contributed by atoms with Gasteiger partial charge in [-0.3, -0.25) is 14.2 Å². The van der Waals surface area contributed by atoms with Crippen molar-refractivity contribution in [3.63, 3.8) is 0 Å². The zero-order valence-electron chi connectivity index (χ0n) is 16.1. The fourth-order valence-electron chi connectivity index (χ4n) is 3.29. The second kappa shape index (κ2) is 7.77. The van der Waals surface area contributed by atoms with E-state index in [0.29, 0.717) is 34.1 Å². The monoisotopic (exact) mass is 437 g/mol. The van der Waals surface area contributed by atoms with Gasteiger partial charge in [0.05, 0.1) is 11.9 Å². The van der Waals surface area contributed by atoms with E-state index in [1.165, 1.54) is 17.1 Å². The van der Waals surface area contributed by atoms with Crippen LogP contribution in [-0.4, -0.2) is 32.0 Å². The molecule has 0 aliphatic carbocycles. The van der Waals surface area contributed by atoms with E-state index < -0.39 is 0 Å². The molecule has 31 heavy (non-hydrogen) atoms. The molecule has 2 aromatic carbocycles. The van der Waals surface area contributed by atoms with Crippen LogP contribution in [0.4, 0.5) is 0 Å². The first-order chi connectivity index (χ1) is 15.1. The van der Waals surface area contributed by atoms with Crippen molar-refractivity contribution in [1.29, 1.82) is 0 Å². The van der Waals surface area contributed by atoms with E-state index in [1.807, 2.05) is 12.1 Å². The fraction of sp³-hybridized carbons (Fsp3) is 0.143. The summed E-state index contributed by atoms with van der Waals surface area (Å²) in [6.07, 6.45) is 2.79. The Balaban J connectivity index is 1.31. The van der Waals surface area contributed by atoms with Crippen LogP contribution < -0.4 is 20.3 Å². The van der Waals surface area contributed by atoms with Crippen LogP contribution in [0.15, 0.2) is 59.8 Å². The molecule has 0 saturated carbocycles. The van der Waals surface area contributed by atoms with Crippen molar-refractivity contribution in [3.8, 4) is 17.2 Å². The summed E-state index contributed by atoms with van der Waals surface area (Å²) in [6.45, 7) is 0.338. The second-order valence-electron chi connectivity index (χ2n) is 6.91. The van der Waals surface area contributed by atoms with Gasteiger partial charge < -0.3 is 14.8 Å². The number of carbonyl (C=O) groups excluding carboxylic acids is 1. The maximum Gasteiger partial charge on any atom is 0.264 e. The largest absolute Gasteiger partial charge is 0.454 e. The van der Waals surface area contributed by atoms with Gasteiger partial charge in [0.1, 0.15) is 18.3 Å². The third-order valence-corrected chi connectivity index (χ3v) is 5.12. The normalized spacial score (nSPS) is 12.3. The van der Waals surface area contributed by atoms with Gasteiger partial charge >= 0.3 is 0 Å². The molecule has 5 rings (SSSR count). The van der Waals surface area contributed by atoms with Crippen LogP contribution in [-0.2, 0) is 17.9 Å². The van der Waals surface area contributed by atoms with E-state index >= 15 is 0 Å². The first kappa shape index (κ1) is 19.1. The number of carbonyl (C=O) groups is 1. The molecule has 0 radical (unpaired) electrons. The number of benzene rings is 2. The highest BCUT2D eigenvalue weighted by molar-refractivity contribution is 6.30. The molecule has 0 fully saturated rings. The first-order valence-corrected chi connectivity index (χ1v) is 9.80. The van der Waals surface area contributed by atoms with E-state index in [1.54, 1.807) is 35.0 Å². The Labute approximate surface area is 180 Å². The molecule has 1 aliphatic rings.